The maximum absolute atomic E-state index is 6.15. The Hall–Kier alpha value is -0.830. The van der Waals surface area contributed by atoms with Crippen molar-refractivity contribution in [3.8, 4) is 10.4 Å². The van der Waals surface area contributed by atoms with Gasteiger partial charge in [-0.2, -0.15) is 0 Å². The smallest absolute Gasteiger partial charge is 0.0441 e. The van der Waals surface area contributed by atoms with E-state index in [4.69, 9.17) is 11.6 Å². The minimum atomic E-state index is 0.397. The third-order valence-electron chi connectivity index (χ3n) is 3.02. The molecule has 17 heavy (non-hydrogen) atoms. The van der Waals surface area contributed by atoms with E-state index in [1.807, 2.05) is 30.5 Å². The lowest BCUT2D eigenvalue weighted by Gasteiger charge is -2.07. The predicted molar refractivity (Wildman–Crippen MR) is 77.0 cm³/mol. The van der Waals surface area contributed by atoms with E-state index in [9.17, 15) is 0 Å². The zero-order valence-electron chi connectivity index (χ0n) is 10.3. The molecule has 1 N–H and O–H groups in total. The molecule has 1 aromatic carbocycles. The zero-order chi connectivity index (χ0) is 12.4. The Morgan fingerprint density at radius 3 is 2.71 bits per heavy atom. The van der Waals surface area contributed by atoms with Crippen molar-refractivity contribution in [2.75, 3.05) is 7.05 Å². The lowest BCUT2D eigenvalue weighted by atomic mass is 10.1. The summed E-state index contributed by atoms with van der Waals surface area (Å²) in [6.45, 7) is 4.24. The van der Waals surface area contributed by atoms with Gasteiger partial charge in [0.15, 0.2) is 0 Å². The van der Waals surface area contributed by atoms with E-state index in [0.29, 0.717) is 6.04 Å². The molecule has 0 aliphatic carbocycles. The third-order valence-corrected chi connectivity index (χ3v) is 4.73. The second-order valence-electron chi connectivity index (χ2n) is 4.12. The molecule has 1 nitrogen and oxygen atoms in total. The molecule has 0 aliphatic heterocycles. The van der Waals surface area contributed by atoms with Crippen molar-refractivity contribution in [1.82, 2.24) is 5.32 Å². The Morgan fingerprint density at radius 2 is 2.00 bits per heavy atom. The first-order valence-corrected chi connectivity index (χ1v) is 6.85. The highest BCUT2D eigenvalue weighted by molar-refractivity contribution is 7.15. The first kappa shape index (κ1) is 12.6. The van der Waals surface area contributed by atoms with Gasteiger partial charge in [0.05, 0.1) is 0 Å². The second kappa shape index (κ2) is 5.21. The van der Waals surface area contributed by atoms with Crippen molar-refractivity contribution in [3.63, 3.8) is 0 Å². The standard InChI is InChI=1S/C14H16ClNS/c1-9-11(5-4-6-12(9)15)14-8-7-13(17-14)10(2)16-3/h4-8,10,16H,1-3H3. The summed E-state index contributed by atoms with van der Waals surface area (Å²) >= 11 is 7.97. The average molecular weight is 266 g/mol. The fourth-order valence-electron chi connectivity index (χ4n) is 1.75. The monoisotopic (exact) mass is 265 g/mol. The van der Waals surface area contributed by atoms with Crippen LogP contribution in [0.15, 0.2) is 30.3 Å². The van der Waals surface area contributed by atoms with E-state index >= 15 is 0 Å². The van der Waals surface area contributed by atoms with Gasteiger partial charge < -0.3 is 5.32 Å². The fraction of sp³-hybridized carbons (Fsp3) is 0.286. The maximum atomic E-state index is 6.15. The molecule has 0 radical (unpaired) electrons. The van der Waals surface area contributed by atoms with Crippen molar-refractivity contribution < 1.29 is 0 Å². The molecule has 0 saturated heterocycles. The van der Waals surface area contributed by atoms with Gasteiger partial charge in [0.25, 0.3) is 0 Å². The van der Waals surface area contributed by atoms with Gasteiger partial charge in [-0.3, -0.25) is 0 Å². The summed E-state index contributed by atoms with van der Waals surface area (Å²) in [6.07, 6.45) is 0. The first-order valence-electron chi connectivity index (χ1n) is 5.66. The van der Waals surface area contributed by atoms with Crippen molar-refractivity contribution >= 4 is 22.9 Å². The molecule has 2 aromatic rings. The largest absolute Gasteiger partial charge is 0.313 e. The summed E-state index contributed by atoms with van der Waals surface area (Å²) in [5, 5.41) is 4.09. The van der Waals surface area contributed by atoms with Crippen LogP contribution in [0, 0.1) is 6.92 Å². The summed E-state index contributed by atoms with van der Waals surface area (Å²) in [7, 11) is 1.98. The minimum absolute atomic E-state index is 0.397. The van der Waals surface area contributed by atoms with Crippen LogP contribution in [0.25, 0.3) is 10.4 Å². The summed E-state index contributed by atoms with van der Waals surface area (Å²) in [5.74, 6) is 0. The van der Waals surface area contributed by atoms with Gasteiger partial charge in [0.2, 0.25) is 0 Å². The molecule has 3 heteroatoms. The normalized spacial score (nSPS) is 12.7. The number of hydrogen-bond acceptors (Lipinski definition) is 2. The Labute approximate surface area is 111 Å². The van der Waals surface area contributed by atoms with E-state index in [2.05, 4.69) is 37.4 Å². The Bertz CT molecular complexity index is 519. The second-order valence-corrected chi connectivity index (χ2v) is 5.65. The number of hydrogen-bond donors (Lipinski definition) is 1. The van der Waals surface area contributed by atoms with E-state index in [-0.39, 0.29) is 0 Å². The van der Waals surface area contributed by atoms with Gasteiger partial charge in [0.1, 0.15) is 0 Å². The van der Waals surface area contributed by atoms with Crippen LogP contribution in [0.2, 0.25) is 5.02 Å². The van der Waals surface area contributed by atoms with Crippen LogP contribution >= 0.6 is 22.9 Å². The highest BCUT2D eigenvalue weighted by atomic mass is 35.5. The fourth-order valence-corrected chi connectivity index (χ4v) is 3.07. The third kappa shape index (κ3) is 2.54. The zero-order valence-corrected chi connectivity index (χ0v) is 11.8. The average Bonchev–Trinajstić information content (AvgIpc) is 2.81. The number of thiophene rings is 1. The molecule has 1 aromatic heterocycles. The summed E-state index contributed by atoms with van der Waals surface area (Å²) < 4.78 is 0. The minimum Gasteiger partial charge on any atom is -0.313 e. The van der Waals surface area contributed by atoms with E-state index in [1.165, 1.54) is 15.3 Å². The maximum Gasteiger partial charge on any atom is 0.0441 e. The summed E-state index contributed by atoms with van der Waals surface area (Å²) in [5.41, 5.74) is 2.39. The molecule has 1 atom stereocenters. The van der Waals surface area contributed by atoms with Crippen molar-refractivity contribution in [2.24, 2.45) is 0 Å². The molecule has 0 aliphatic rings. The first-order chi connectivity index (χ1) is 8.13. The molecule has 0 amide bonds. The quantitative estimate of drug-likeness (QED) is 0.851. The van der Waals surface area contributed by atoms with Crippen molar-refractivity contribution in [1.29, 1.82) is 0 Å². The van der Waals surface area contributed by atoms with Gasteiger partial charge in [-0.1, -0.05) is 23.7 Å². The van der Waals surface area contributed by atoms with Crippen LogP contribution in [0.3, 0.4) is 0 Å². The highest BCUT2D eigenvalue weighted by Crippen LogP contribution is 2.35. The molecule has 1 unspecified atom stereocenters. The van der Waals surface area contributed by atoms with Gasteiger partial charge in [0, 0.05) is 20.8 Å². The Morgan fingerprint density at radius 1 is 1.24 bits per heavy atom. The molecular weight excluding hydrogens is 250 g/mol. The van der Waals surface area contributed by atoms with E-state index in [1.54, 1.807) is 0 Å². The lowest BCUT2D eigenvalue weighted by molar-refractivity contribution is 0.664. The van der Waals surface area contributed by atoms with Gasteiger partial charge >= 0.3 is 0 Å². The topological polar surface area (TPSA) is 12.0 Å². The van der Waals surface area contributed by atoms with Crippen LogP contribution in [0.1, 0.15) is 23.4 Å². The van der Waals surface area contributed by atoms with Gasteiger partial charge in [-0.05, 0) is 50.2 Å². The van der Waals surface area contributed by atoms with Crippen molar-refractivity contribution in [3.05, 3.63) is 45.8 Å². The van der Waals surface area contributed by atoms with Gasteiger partial charge in [-0.25, -0.2) is 0 Å². The molecule has 0 spiro atoms. The molecular formula is C14H16ClNS. The molecule has 2 rings (SSSR count). The van der Waals surface area contributed by atoms with Crippen LogP contribution in [-0.2, 0) is 0 Å². The molecule has 90 valence electrons. The number of nitrogens with one attached hydrogen (secondary N) is 1. The molecule has 0 fully saturated rings. The van der Waals surface area contributed by atoms with Crippen LogP contribution in [0.5, 0.6) is 0 Å². The number of benzene rings is 1. The molecule has 0 saturated carbocycles. The van der Waals surface area contributed by atoms with Crippen molar-refractivity contribution in [2.45, 2.75) is 19.9 Å². The summed E-state index contributed by atoms with van der Waals surface area (Å²) in [4.78, 5) is 2.63. The van der Waals surface area contributed by atoms with E-state index in [0.717, 1.165) is 10.6 Å². The van der Waals surface area contributed by atoms with E-state index < -0.39 is 0 Å². The summed E-state index contributed by atoms with van der Waals surface area (Å²) in [6, 6.07) is 10.8. The SMILES string of the molecule is CNC(C)c1ccc(-c2cccc(Cl)c2C)s1. The van der Waals surface area contributed by atoms with Crippen LogP contribution in [-0.4, -0.2) is 7.05 Å². The Balaban J connectivity index is 2.40. The number of halogens is 1. The molecule has 0 bridgehead atoms. The van der Waals surface area contributed by atoms with Crippen LogP contribution < -0.4 is 5.32 Å². The Kier molecular flexibility index (Phi) is 3.87. The predicted octanol–water partition coefficient (Wildman–Crippen LogP) is 4.66. The molecule has 1 heterocycles. The van der Waals surface area contributed by atoms with Crippen LogP contribution in [0.4, 0.5) is 0 Å². The highest BCUT2D eigenvalue weighted by Gasteiger charge is 2.10. The lowest BCUT2D eigenvalue weighted by Crippen LogP contribution is -2.10. The van der Waals surface area contributed by atoms with Gasteiger partial charge in [-0.15, -0.1) is 11.3 Å². The number of rotatable bonds is 3.